The number of anilines is 2. The minimum Gasteiger partial charge on any atom is -0.871 e. The van der Waals surface area contributed by atoms with Crippen LogP contribution in [0.25, 0.3) is 0 Å². The van der Waals surface area contributed by atoms with Gasteiger partial charge in [-0.25, -0.2) is 16.8 Å². The first kappa shape index (κ1) is 39.9. The van der Waals surface area contributed by atoms with Crippen molar-refractivity contribution in [3.63, 3.8) is 0 Å². The maximum atomic E-state index is 12.3. The first-order valence-corrected chi connectivity index (χ1v) is 18.1. The summed E-state index contributed by atoms with van der Waals surface area (Å²) in [4.78, 5) is 0.0781. The minimum atomic E-state index is -3.79. The Morgan fingerprint density at radius 2 is 0.887 bits per heavy atom. The molecular weight excluding hydrogens is 776 g/mol. The van der Waals surface area contributed by atoms with Gasteiger partial charge in [0.25, 0.3) is 20.0 Å². The molecule has 0 saturated carbocycles. The zero-order chi connectivity index (χ0) is 37.5. The molecule has 2 aromatic heterocycles. The molecule has 2 N–H and O–H groups in total. The van der Waals surface area contributed by atoms with Crippen LogP contribution in [0.4, 0.5) is 34.4 Å². The number of rotatable bonds is 10. The van der Waals surface area contributed by atoms with Crippen molar-refractivity contribution in [3.8, 4) is 11.5 Å². The maximum absolute atomic E-state index is 12.3. The van der Waals surface area contributed by atoms with Crippen molar-refractivity contribution in [2.24, 2.45) is 20.5 Å². The quantitative estimate of drug-likeness (QED) is 0.105. The second-order valence-corrected chi connectivity index (χ2v) is 14.6. The zero-order valence-electron chi connectivity index (χ0n) is 28.3. The normalized spacial score (nSPS) is 11.5. The second-order valence-electron chi connectivity index (χ2n) is 11.2. The van der Waals surface area contributed by atoms with Crippen LogP contribution in [0.15, 0.2) is 136 Å². The number of benzene rings is 4. The van der Waals surface area contributed by atoms with Gasteiger partial charge in [-0.05, 0) is 99.5 Å². The van der Waals surface area contributed by atoms with Crippen molar-refractivity contribution in [3.05, 3.63) is 120 Å². The van der Waals surface area contributed by atoms with Crippen LogP contribution >= 0.6 is 0 Å². The van der Waals surface area contributed by atoms with E-state index in [1.165, 1.54) is 72.8 Å². The summed E-state index contributed by atoms with van der Waals surface area (Å²) in [6.45, 7) is 7.02. The topological polar surface area (TPSA) is 240 Å². The van der Waals surface area contributed by atoms with Crippen molar-refractivity contribution in [2.75, 3.05) is 9.44 Å². The average Bonchev–Trinajstić information content (AvgIpc) is 3.71. The van der Waals surface area contributed by atoms with Gasteiger partial charge in [0.1, 0.15) is 11.5 Å². The van der Waals surface area contributed by atoms with Crippen LogP contribution in [0.5, 0.6) is 11.5 Å². The molecule has 0 amide bonds. The van der Waals surface area contributed by atoms with Crippen molar-refractivity contribution in [1.29, 1.82) is 0 Å². The van der Waals surface area contributed by atoms with E-state index in [-0.39, 0.29) is 61.4 Å². The van der Waals surface area contributed by atoms with Crippen LogP contribution in [-0.2, 0) is 37.1 Å². The van der Waals surface area contributed by atoms with E-state index in [2.05, 4.69) is 40.2 Å². The van der Waals surface area contributed by atoms with E-state index in [1.54, 1.807) is 38.1 Å². The molecule has 0 aliphatic carbocycles. The van der Waals surface area contributed by atoms with Gasteiger partial charge >= 0.3 is 17.1 Å². The molecular formula is C34H30CuN8O8S2. The van der Waals surface area contributed by atoms with E-state index in [0.29, 0.717) is 22.9 Å². The van der Waals surface area contributed by atoms with Crippen molar-refractivity contribution < 1.29 is 53.2 Å². The third-order valence-corrected chi connectivity index (χ3v) is 9.54. The van der Waals surface area contributed by atoms with Gasteiger partial charge in [-0.2, -0.15) is 20.5 Å². The standard InChI is InChI=1S/2C17H16N4O4S.Cu/c2*1-11-3-8-16(22)15(9-11)19-18-13-4-6-14(7-5-13)26(23,24)21-17-10-12(2)25-20-17;/h2*3-10,22H,1-2H3,(H,20,21);/q;;+2/p-2. The molecule has 4 aromatic carbocycles. The number of azo groups is 2. The van der Waals surface area contributed by atoms with E-state index in [9.17, 15) is 27.0 Å². The molecule has 0 aliphatic heterocycles. The third kappa shape index (κ3) is 11.1. The summed E-state index contributed by atoms with van der Waals surface area (Å²) < 4.78 is 63.5. The fraction of sp³-hybridized carbons (Fsp3) is 0.118. The SMILES string of the molecule is Cc1ccc([O-])c(N=Nc2ccc(S(=O)(=O)Nc3cc(C)on3)cc2)c1.Cc1ccc([O-])c(N=Nc2ccc(S(=O)(=O)Nc3cc(C)on3)cc2)c1.[Cu+2]. The van der Waals surface area contributed by atoms with E-state index in [4.69, 9.17) is 9.05 Å². The van der Waals surface area contributed by atoms with Gasteiger partial charge in [-0.1, -0.05) is 46.1 Å². The Balaban J connectivity index is 0.000000232. The number of nitrogens with one attached hydrogen (secondary N) is 2. The molecule has 0 bridgehead atoms. The molecule has 1 radical (unpaired) electrons. The predicted molar refractivity (Wildman–Crippen MR) is 187 cm³/mol. The van der Waals surface area contributed by atoms with Crippen LogP contribution in [0.1, 0.15) is 22.6 Å². The smallest absolute Gasteiger partial charge is 0.871 e. The summed E-state index contributed by atoms with van der Waals surface area (Å²) in [6, 6.07) is 24.0. The summed E-state index contributed by atoms with van der Waals surface area (Å²) >= 11 is 0. The van der Waals surface area contributed by atoms with Gasteiger partial charge in [0.15, 0.2) is 11.6 Å². The number of hydrogen-bond donors (Lipinski definition) is 2. The van der Waals surface area contributed by atoms with E-state index in [0.717, 1.165) is 11.1 Å². The zero-order valence-corrected chi connectivity index (χ0v) is 30.9. The number of aromatic nitrogens is 2. The molecule has 0 saturated heterocycles. The van der Waals surface area contributed by atoms with Gasteiger partial charge in [0.2, 0.25) is 0 Å². The van der Waals surface area contributed by atoms with Crippen molar-refractivity contribution in [1.82, 2.24) is 10.3 Å². The first-order chi connectivity index (χ1) is 24.7. The Morgan fingerprint density at radius 1 is 0.528 bits per heavy atom. The molecule has 6 aromatic rings. The monoisotopic (exact) mass is 805 g/mol. The van der Waals surface area contributed by atoms with Crippen LogP contribution < -0.4 is 19.7 Å². The van der Waals surface area contributed by atoms with Gasteiger partial charge < -0.3 is 19.3 Å². The maximum Gasteiger partial charge on any atom is 2.00 e. The molecule has 0 atom stereocenters. The Kier molecular flexibility index (Phi) is 12.9. The summed E-state index contributed by atoms with van der Waals surface area (Å²) in [5.41, 5.74) is 3.09. The summed E-state index contributed by atoms with van der Waals surface area (Å²) in [5, 5.41) is 46.4. The molecule has 277 valence electrons. The largest absolute Gasteiger partial charge is 2.00 e. The fourth-order valence-corrected chi connectivity index (χ4v) is 6.21. The van der Waals surface area contributed by atoms with Crippen molar-refractivity contribution >= 4 is 54.4 Å². The fourth-order valence-electron chi connectivity index (χ4n) is 4.24. The molecule has 0 unspecified atom stereocenters. The molecule has 6 rings (SSSR count). The summed E-state index contributed by atoms with van der Waals surface area (Å²) in [6.07, 6.45) is 0. The third-order valence-electron chi connectivity index (χ3n) is 6.80. The Morgan fingerprint density at radius 3 is 1.21 bits per heavy atom. The summed E-state index contributed by atoms with van der Waals surface area (Å²) in [7, 11) is -7.58. The number of nitrogens with zero attached hydrogens (tertiary/aromatic N) is 6. The van der Waals surface area contributed by atoms with Crippen LogP contribution in [0.3, 0.4) is 0 Å². The van der Waals surface area contributed by atoms with E-state index in [1.807, 2.05) is 13.8 Å². The second kappa shape index (κ2) is 17.1. The van der Waals surface area contributed by atoms with Crippen LogP contribution in [0, 0.1) is 27.7 Å². The van der Waals surface area contributed by atoms with Crippen LogP contribution in [-0.4, -0.2) is 27.1 Å². The van der Waals surface area contributed by atoms with Gasteiger partial charge in [0.05, 0.1) is 32.5 Å². The molecule has 0 aliphatic rings. The molecule has 0 spiro atoms. The number of sulfonamides is 2. The van der Waals surface area contributed by atoms with Gasteiger partial charge in [0, 0.05) is 12.1 Å². The van der Waals surface area contributed by atoms with E-state index < -0.39 is 20.0 Å². The van der Waals surface area contributed by atoms with Gasteiger partial charge in [-0.15, -0.1) is 0 Å². The number of hydrogen-bond acceptors (Lipinski definition) is 14. The minimum absolute atomic E-state index is 0. The molecule has 16 nitrogen and oxygen atoms in total. The van der Waals surface area contributed by atoms with Gasteiger partial charge in [-0.3, -0.25) is 9.44 Å². The molecule has 53 heavy (non-hydrogen) atoms. The Hall–Kier alpha value is -5.88. The molecule has 0 fully saturated rings. The molecule has 19 heteroatoms. The Bertz CT molecular complexity index is 2290. The van der Waals surface area contributed by atoms with E-state index >= 15 is 0 Å². The summed E-state index contributed by atoms with van der Waals surface area (Å²) in [5.74, 6) is 0.735. The predicted octanol–water partition coefficient (Wildman–Crippen LogP) is 7.16. The average molecular weight is 806 g/mol. The Labute approximate surface area is 315 Å². The van der Waals surface area contributed by atoms with Crippen LogP contribution in [0.2, 0.25) is 0 Å². The number of aryl methyl sites for hydroxylation is 4. The first-order valence-electron chi connectivity index (χ1n) is 15.2. The van der Waals surface area contributed by atoms with Crippen molar-refractivity contribution in [2.45, 2.75) is 37.5 Å². The molecule has 2 heterocycles.